The number of hydrogen-bond donors (Lipinski definition) is 3. The van der Waals surface area contributed by atoms with Crippen molar-refractivity contribution in [1.29, 1.82) is 0 Å². The smallest absolute Gasteiger partial charge is 0.0745 e. The molecule has 3 aromatic rings. The SMILES string of the molecule is Cc1ccc2[nH]c(CN3C[C@@H](O)[C@@]4(C3)[C@H](CO)[C@H]4c3ccccc3)c(C)c2c1. The molecule has 4 nitrogen and oxygen atoms in total. The molecule has 1 saturated carbocycles. The van der Waals surface area contributed by atoms with Gasteiger partial charge in [0.1, 0.15) is 0 Å². The molecule has 1 aliphatic heterocycles. The van der Waals surface area contributed by atoms with Gasteiger partial charge in [-0.05, 0) is 48.9 Å². The summed E-state index contributed by atoms with van der Waals surface area (Å²) in [5, 5.41) is 22.3. The van der Waals surface area contributed by atoms with E-state index in [1.807, 2.05) is 18.2 Å². The zero-order valence-electron chi connectivity index (χ0n) is 16.5. The third-order valence-corrected chi connectivity index (χ3v) is 7.17. The van der Waals surface area contributed by atoms with Gasteiger partial charge in [0, 0.05) is 48.3 Å². The van der Waals surface area contributed by atoms with Crippen LogP contribution in [0.3, 0.4) is 0 Å². The Labute approximate surface area is 165 Å². The van der Waals surface area contributed by atoms with Crippen molar-refractivity contribution in [2.45, 2.75) is 32.4 Å². The summed E-state index contributed by atoms with van der Waals surface area (Å²) in [6, 6.07) is 16.9. The normalized spacial score (nSPS) is 29.8. The number of fused-ring (bicyclic) bond motifs is 1. The van der Waals surface area contributed by atoms with E-state index in [2.05, 4.69) is 54.1 Å². The van der Waals surface area contributed by atoms with Crippen LogP contribution in [0.1, 0.15) is 28.3 Å². The average Bonchev–Trinajstić information content (AvgIpc) is 3.10. The van der Waals surface area contributed by atoms with Gasteiger partial charge in [0.05, 0.1) is 6.10 Å². The molecule has 5 rings (SSSR count). The first-order valence-electron chi connectivity index (χ1n) is 10.2. The van der Waals surface area contributed by atoms with Crippen molar-refractivity contribution in [2.24, 2.45) is 11.3 Å². The second kappa shape index (κ2) is 6.45. The molecule has 4 heteroatoms. The number of nitrogens with one attached hydrogen (secondary N) is 1. The van der Waals surface area contributed by atoms with E-state index in [-0.39, 0.29) is 23.9 Å². The maximum Gasteiger partial charge on any atom is 0.0745 e. The fraction of sp³-hybridized carbons (Fsp3) is 0.417. The summed E-state index contributed by atoms with van der Waals surface area (Å²) in [5.74, 6) is 0.381. The van der Waals surface area contributed by atoms with Crippen LogP contribution in [0.15, 0.2) is 48.5 Å². The van der Waals surface area contributed by atoms with E-state index < -0.39 is 6.10 Å². The van der Waals surface area contributed by atoms with Gasteiger partial charge in [-0.15, -0.1) is 0 Å². The number of aliphatic hydroxyl groups excluding tert-OH is 2. The summed E-state index contributed by atoms with van der Waals surface area (Å²) in [6.07, 6.45) is -0.401. The summed E-state index contributed by atoms with van der Waals surface area (Å²) in [7, 11) is 0. The quantitative estimate of drug-likeness (QED) is 0.654. The first kappa shape index (κ1) is 17.9. The first-order chi connectivity index (χ1) is 13.5. The van der Waals surface area contributed by atoms with Gasteiger partial charge in [-0.25, -0.2) is 0 Å². The lowest BCUT2D eigenvalue weighted by molar-refractivity contribution is 0.111. The molecule has 3 N–H and O–H groups in total. The maximum absolute atomic E-state index is 11.0. The van der Waals surface area contributed by atoms with E-state index in [4.69, 9.17) is 0 Å². The summed E-state index contributed by atoms with van der Waals surface area (Å²) in [4.78, 5) is 5.92. The van der Waals surface area contributed by atoms with Gasteiger partial charge in [-0.2, -0.15) is 0 Å². The summed E-state index contributed by atoms with van der Waals surface area (Å²) < 4.78 is 0. The summed E-state index contributed by atoms with van der Waals surface area (Å²) in [5.41, 5.74) is 5.98. The van der Waals surface area contributed by atoms with Crippen LogP contribution in [-0.4, -0.2) is 45.9 Å². The number of aliphatic hydroxyl groups is 2. The van der Waals surface area contributed by atoms with Gasteiger partial charge >= 0.3 is 0 Å². The fourth-order valence-corrected chi connectivity index (χ4v) is 5.66. The van der Waals surface area contributed by atoms with Gasteiger partial charge in [0.2, 0.25) is 0 Å². The zero-order valence-corrected chi connectivity index (χ0v) is 16.5. The van der Waals surface area contributed by atoms with Crippen LogP contribution in [0.5, 0.6) is 0 Å². The van der Waals surface area contributed by atoms with Gasteiger partial charge in [0.15, 0.2) is 0 Å². The number of rotatable bonds is 4. The number of aromatic amines is 1. The Bertz CT molecular complexity index is 1010. The van der Waals surface area contributed by atoms with Crippen molar-refractivity contribution < 1.29 is 10.2 Å². The number of β-amino-alcohol motifs (C(OH)–C–C–N with tert-alkyl or cyclic N) is 1. The lowest BCUT2D eigenvalue weighted by Crippen LogP contribution is -2.23. The Balaban J connectivity index is 1.40. The largest absolute Gasteiger partial charge is 0.396 e. The average molecular weight is 377 g/mol. The van der Waals surface area contributed by atoms with Crippen LogP contribution >= 0.6 is 0 Å². The molecular weight excluding hydrogens is 348 g/mol. The van der Waals surface area contributed by atoms with Crippen LogP contribution < -0.4 is 0 Å². The van der Waals surface area contributed by atoms with Crippen LogP contribution in [0.25, 0.3) is 10.9 Å². The minimum absolute atomic E-state index is 0.134. The highest BCUT2D eigenvalue weighted by Gasteiger charge is 2.70. The Morgan fingerprint density at radius 2 is 1.93 bits per heavy atom. The molecule has 1 saturated heterocycles. The first-order valence-corrected chi connectivity index (χ1v) is 10.2. The molecule has 2 heterocycles. The molecular formula is C24H28N2O2. The van der Waals surface area contributed by atoms with Crippen molar-refractivity contribution >= 4 is 10.9 Å². The number of H-pyrrole nitrogens is 1. The van der Waals surface area contributed by atoms with Crippen molar-refractivity contribution in [3.63, 3.8) is 0 Å². The monoisotopic (exact) mass is 376 g/mol. The van der Waals surface area contributed by atoms with Gasteiger partial charge in [0.25, 0.3) is 0 Å². The van der Waals surface area contributed by atoms with Crippen molar-refractivity contribution in [3.05, 3.63) is 70.9 Å². The predicted molar refractivity (Wildman–Crippen MR) is 111 cm³/mol. The zero-order chi connectivity index (χ0) is 19.5. The summed E-state index contributed by atoms with van der Waals surface area (Å²) in [6.45, 7) is 6.72. The fourth-order valence-electron chi connectivity index (χ4n) is 5.66. The molecule has 1 aliphatic carbocycles. The molecule has 1 aromatic heterocycles. The van der Waals surface area contributed by atoms with Crippen LogP contribution in [0, 0.1) is 25.2 Å². The third kappa shape index (κ3) is 2.55. The Morgan fingerprint density at radius 3 is 2.68 bits per heavy atom. The highest BCUT2D eigenvalue weighted by molar-refractivity contribution is 5.85. The Morgan fingerprint density at radius 1 is 1.14 bits per heavy atom. The standard InChI is InChI=1S/C24H28N2O2/c1-15-8-9-20-18(10-15)16(2)21(25-20)11-26-12-22(28)24(14-26)19(13-27)23(24)17-6-4-3-5-7-17/h3-10,19,22-23,25,27-28H,11-14H2,1-2H3/t19-,22-,23-,24-/m1/s1. The van der Waals surface area contributed by atoms with E-state index >= 15 is 0 Å². The molecule has 0 amide bonds. The van der Waals surface area contributed by atoms with Gasteiger partial charge in [-0.1, -0.05) is 42.0 Å². The maximum atomic E-state index is 11.0. The number of likely N-dealkylation sites (tertiary alicyclic amines) is 1. The van der Waals surface area contributed by atoms with Crippen LogP contribution in [-0.2, 0) is 6.54 Å². The molecule has 0 radical (unpaired) electrons. The second-order valence-corrected chi connectivity index (χ2v) is 8.75. The van der Waals surface area contributed by atoms with Crippen LogP contribution in [0.2, 0.25) is 0 Å². The minimum Gasteiger partial charge on any atom is -0.396 e. The molecule has 1 spiro atoms. The third-order valence-electron chi connectivity index (χ3n) is 7.17. The van der Waals surface area contributed by atoms with Crippen molar-refractivity contribution in [2.75, 3.05) is 19.7 Å². The molecule has 4 atom stereocenters. The van der Waals surface area contributed by atoms with E-state index in [0.717, 1.165) is 13.1 Å². The lowest BCUT2D eigenvalue weighted by Gasteiger charge is -2.16. The highest BCUT2D eigenvalue weighted by Crippen LogP contribution is 2.68. The van der Waals surface area contributed by atoms with Crippen LogP contribution in [0.4, 0.5) is 0 Å². The van der Waals surface area contributed by atoms with Crippen molar-refractivity contribution in [1.82, 2.24) is 9.88 Å². The topological polar surface area (TPSA) is 59.5 Å². The molecule has 2 aliphatic rings. The molecule has 2 aromatic carbocycles. The second-order valence-electron chi connectivity index (χ2n) is 8.75. The van der Waals surface area contributed by atoms with E-state index in [0.29, 0.717) is 6.54 Å². The number of aryl methyl sites for hydroxylation is 2. The Kier molecular flexibility index (Phi) is 4.13. The molecule has 28 heavy (non-hydrogen) atoms. The van der Waals surface area contributed by atoms with E-state index in [1.165, 1.54) is 33.3 Å². The Hall–Kier alpha value is -2.14. The summed E-state index contributed by atoms with van der Waals surface area (Å²) >= 11 is 0. The highest BCUT2D eigenvalue weighted by atomic mass is 16.3. The number of hydrogen-bond acceptors (Lipinski definition) is 3. The molecule has 146 valence electrons. The predicted octanol–water partition coefficient (Wildman–Crippen LogP) is 3.35. The van der Waals surface area contributed by atoms with E-state index in [9.17, 15) is 10.2 Å². The molecule has 0 bridgehead atoms. The van der Waals surface area contributed by atoms with Crippen molar-refractivity contribution in [3.8, 4) is 0 Å². The number of benzene rings is 2. The number of aromatic nitrogens is 1. The van der Waals surface area contributed by atoms with Gasteiger partial charge in [-0.3, -0.25) is 4.90 Å². The molecule has 2 fully saturated rings. The number of nitrogens with zero attached hydrogens (tertiary/aromatic N) is 1. The minimum atomic E-state index is -0.401. The van der Waals surface area contributed by atoms with E-state index in [1.54, 1.807) is 0 Å². The lowest BCUT2D eigenvalue weighted by atomic mass is 9.95. The molecule has 0 unspecified atom stereocenters. The van der Waals surface area contributed by atoms with Gasteiger partial charge < -0.3 is 15.2 Å².